The Balaban J connectivity index is 2.37. The summed E-state index contributed by atoms with van der Waals surface area (Å²) in [7, 11) is 0.740. The molecule has 0 amide bonds. The van der Waals surface area contributed by atoms with Crippen LogP contribution < -0.4 is 4.72 Å². The molecule has 0 atom stereocenters. The van der Waals surface area contributed by atoms with E-state index in [1.165, 1.54) is 0 Å². The number of hydrogen-bond acceptors (Lipinski definition) is 3. The molecule has 1 N–H and O–H groups in total. The van der Waals surface area contributed by atoms with Crippen molar-refractivity contribution in [1.82, 2.24) is 9.62 Å². The van der Waals surface area contributed by atoms with Gasteiger partial charge in [-0.05, 0) is 32.6 Å². The first kappa shape index (κ1) is 14.2. The van der Waals surface area contributed by atoms with Crippen molar-refractivity contribution < 1.29 is 8.42 Å². The molecule has 0 bridgehead atoms. The van der Waals surface area contributed by atoms with Gasteiger partial charge in [-0.25, -0.2) is 13.1 Å². The maximum absolute atomic E-state index is 11.7. The molecule has 0 aliphatic carbocycles. The Bertz CT molecular complexity index is 415. The molecule has 0 aliphatic rings. The Labute approximate surface area is 104 Å². The SMILES string of the molecule is CN(C)CCCNS(=O)(=O)Cc1ccccc1. The molecule has 5 heteroatoms. The van der Waals surface area contributed by atoms with E-state index in [9.17, 15) is 8.42 Å². The van der Waals surface area contributed by atoms with Crippen LogP contribution >= 0.6 is 0 Å². The van der Waals surface area contributed by atoms with Gasteiger partial charge in [-0.1, -0.05) is 30.3 Å². The minimum atomic E-state index is -3.20. The minimum absolute atomic E-state index is 0.0514. The van der Waals surface area contributed by atoms with E-state index in [4.69, 9.17) is 0 Å². The number of benzene rings is 1. The third kappa shape index (κ3) is 6.41. The minimum Gasteiger partial charge on any atom is -0.309 e. The van der Waals surface area contributed by atoms with Crippen molar-refractivity contribution in [3.8, 4) is 0 Å². The van der Waals surface area contributed by atoms with Crippen LogP contribution in [0.4, 0.5) is 0 Å². The van der Waals surface area contributed by atoms with Crippen LogP contribution in [-0.4, -0.2) is 40.5 Å². The lowest BCUT2D eigenvalue weighted by Gasteiger charge is -2.10. The Morgan fingerprint density at radius 3 is 2.41 bits per heavy atom. The van der Waals surface area contributed by atoms with Crippen LogP contribution in [0.1, 0.15) is 12.0 Å². The Morgan fingerprint density at radius 2 is 1.82 bits per heavy atom. The van der Waals surface area contributed by atoms with Crippen molar-refractivity contribution in [3.63, 3.8) is 0 Å². The summed E-state index contributed by atoms with van der Waals surface area (Å²) < 4.78 is 26.0. The zero-order chi connectivity index (χ0) is 12.7. The van der Waals surface area contributed by atoms with Gasteiger partial charge in [-0.2, -0.15) is 0 Å². The summed E-state index contributed by atoms with van der Waals surface area (Å²) in [5.41, 5.74) is 0.813. The molecule has 0 saturated carbocycles. The van der Waals surface area contributed by atoms with Gasteiger partial charge in [0.1, 0.15) is 0 Å². The molecule has 0 radical (unpaired) electrons. The molecule has 0 spiro atoms. The molecule has 0 saturated heterocycles. The van der Waals surface area contributed by atoms with Gasteiger partial charge in [0.25, 0.3) is 0 Å². The van der Waals surface area contributed by atoms with Crippen LogP contribution in [0.25, 0.3) is 0 Å². The Hall–Kier alpha value is -0.910. The topological polar surface area (TPSA) is 49.4 Å². The van der Waals surface area contributed by atoms with Crippen LogP contribution in [0.15, 0.2) is 30.3 Å². The summed E-state index contributed by atoms with van der Waals surface area (Å²) in [5.74, 6) is 0.0514. The quantitative estimate of drug-likeness (QED) is 0.742. The summed E-state index contributed by atoms with van der Waals surface area (Å²) in [6.07, 6.45) is 0.820. The third-order valence-corrected chi connectivity index (χ3v) is 3.66. The lowest BCUT2D eigenvalue weighted by Crippen LogP contribution is -2.28. The van der Waals surface area contributed by atoms with Crippen LogP contribution in [0, 0.1) is 0 Å². The van der Waals surface area contributed by atoms with E-state index in [1.807, 2.05) is 49.3 Å². The highest BCUT2D eigenvalue weighted by Gasteiger charge is 2.10. The van der Waals surface area contributed by atoms with Crippen LogP contribution in [0.5, 0.6) is 0 Å². The molecule has 1 aromatic rings. The Kier molecular flexibility index (Phi) is 5.61. The maximum atomic E-state index is 11.7. The van der Waals surface area contributed by atoms with E-state index in [0.717, 1.165) is 18.5 Å². The lowest BCUT2D eigenvalue weighted by molar-refractivity contribution is 0.400. The van der Waals surface area contributed by atoms with E-state index in [0.29, 0.717) is 6.54 Å². The van der Waals surface area contributed by atoms with Gasteiger partial charge in [0, 0.05) is 6.54 Å². The highest BCUT2D eigenvalue weighted by atomic mass is 32.2. The maximum Gasteiger partial charge on any atom is 0.215 e. The molecule has 1 aromatic carbocycles. The lowest BCUT2D eigenvalue weighted by atomic mass is 10.2. The van der Waals surface area contributed by atoms with Gasteiger partial charge < -0.3 is 4.90 Å². The first-order chi connectivity index (χ1) is 7.99. The first-order valence-electron chi connectivity index (χ1n) is 5.65. The van der Waals surface area contributed by atoms with Gasteiger partial charge in [0.05, 0.1) is 5.75 Å². The summed E-state index contributed by atoms with van der Waals surface area (Å²) >= 11 is 0. The van der Waals surface area contributed by atoms with Gasteiger partial charge >= 0.3 is 0 Å². The predicted molar refractivity (Wildman–Crippen MR) is 70.2 cm³/mol. The van der Waals surface area contributed by atoms with E-state index in [-0.39, 0.29) is 5.75 Å². The van der Waals surface area contributed by atoms with Gasteiger partial charge in [-0.15, -0.1) is 0 Å². The number of nitrogens with zero attached hydrogens (tertiary/aromatic N) is 1. The van der Waals surface area contributed by atoms with E-state index in [2.05, 4.69) is 4.72 Å². The molecular weight excluding hydrogens is 236 g/mol. The average Bonchev–Trinajstić information content (AvgIpc) is 2.25. The van der Waals surface area contributed by atoms with Gasteiger partial charge in [0.2, 0.25) is 10.0 Å². The largest absolute Gasteiger partial charge is 0.309 e. The summed E-state index contributed by atoms with van der Waals surface area (Å²) in [4.78, 5) is 2.03. The van der Waals surface area contributed by atoms with E-state index < -0.39 is 10.0 Å². The molecule has 0 fully saturated rings. The molecular formula is C12H20N2O2S. The smallest absolute Gasteiger partial charge is 0.215 e. The molecule has 1 rings (SSSR count). The standard InChI is InChI=1S/C12H20N2O2S/c1-14(2)10-6-9-13-17(15,16)11-12-7-4-3-5-8-12/h3-5,7-8,13H,6,9-11H2,1-2H3. The van der Waals surface area contributed by atoms with Crippen molar-refractivity contribution in [3.05, 3.63) is 35.9 Å². The highest BCUT2D eigenvalue weighted by molar-refractivity contribution is 7.88. The van der Waals surface area contributed by atoms with E-state index >= 15 is 0 Å². The second-order valence-corrected chi connectivity index (χ2v) is 6.10. The second-order valence-electron chi connectivity index (χ2n) is 4.30. The molecule has 0 heterocycles. The van der Waals surface area contributed by atoms with Crippen molar-refractivity contribution in [1.29, 1.82) is 0 Å². The number of hydrogen-bond donors (Lipinski definition) is 1. The molecule has 0 unspecified atom stereocenters. The third-order valence-electron chi connectivity index (χ3n) is 2.30. The molecule has 17 heavy (non-hydrogen) atoms. The van der Waals surface area contributed by atoms with Crippen LogP contribution in [0.2, 0.25) is 0 Å². The van der Waals surface area contributed by atoms with E-state index in [1.54, 1.807) is 0 Å². The molecule has 0 aromatic heterocycles. The Morgan fingerprint density at radius 1 is 1.18 bits per heavy atom. The zero-order valence-corrected chi connectivity index (χ0v) is 11.2. The number of rotatable bonds is 7. The highest BCUT2D eigenvalue weighted by Crippen LogP contribution is 2.03. The zero-order valence-electron chi connectivity index (χ0n) is 10.4. The monoisotopic (exact) mass is 256 g/mol. The second kappa shape index (κ2) is 6.74. The number of nitrogens with one attached hydrogen (secondary N) is 1. The summed E-state index contributed by atoms with van der Waals surface area (Å²) in [6.45, 7) is 1.38. The van der Waals surface area contributed by atoms with Crippen molar-refractivity contribution in [2.45, 2.75) is 12.2 Å². The predicted octanol–water partition coefficient (Wildman–Crippen LogP) is 1.06. The molecule has 0 aliphatic heterocycles. The van der Waals surface area contributed by atoms with Crippen molar-refractivity contribution >= 4 is 10.0 Å². The average molecular weight is 256 g/mol. The first-order valence-corrected chi connectivity index (χ1v) is 7.31. The fourth-order valence-electron chi connectivity index (χ4n) is 1.47. The number of sulfonamides is 1. The fourth-order valence-corrected chi connectivity index (χ4v) is 2.66. The fraction of sp³-hybridized carbons (Fsp3) is 0.500. The van der Waals surface area contributed by atoms with Crippen LogP contribution in [0.3, 0.4) is 0 Å². The van der Waals surface area contributed by atoms with Crippen molar-refractivity contribution in [2.75, 3.05) is 27.2 Å². The summed E-state index contributed by atoms with van der Waals surface area (Å²) in [6, 6.07) is 9.20. The van der Waals surface area contributed by atoms with Gasteiger partial charge in [-0.3, -0.25) is 0 Å². The van der Waals surface area contributed by atoms with Crippen molar-refractivity contribution in [2.24, 2.45) is 0 Å². The molecule has 4 nitrogen and oxygen atoms in total. The van der Waals surface area contributed by atoms with Gasteiger partial charge in [0.15, 0.2) is 0 Å². The molecule has 96 valence electrons. The normalized spacial score (nSPS) is 11.9. The summed E-state index contributed by atoms with van der Waals surface area (Å²) in [5, 5.41) is 0. The van der Waals surface area contributed by atoms with Crippen LogP contribution in [-0.2, 0) is 15.8 Å².